The Morgan fingerprint density at radius 2 is 1.96 bits per heavy atom. The van der Waals surface area contributed by atoms with Gasteiger partial charge in [0.2, 0.25) is 0 Å². The van der Waals surface area contributed by atoms with Gasteiger partial charge in [-0.2, -0.15) is 11.8 Å². The highest BCUT2D eigenvalue weighted by atomic mass is 32.2. The Morgan fingerprint density at radius 3 is 2.52 bits per heavy atom. The van der Waals surface area contributed by atoms with Gasteiger partial charge in [-0.15, -0.1) is 0 Å². The fourth-order valence-corrected chi connectivity index (χ4v) is 3.92. The van der Waals surface area contributed by atoms with Gasteiger partial charge in [-0.25, -0.2) is 4.98 Å². The van der Waals surface area contributed by atoms with Gasteiger partial charge in [-0.05, 0) is 46.8 Å². The molecule has 7 heteroatoms. The highest BCUT2D eigenvalue weighted by Crippen LogP contribution is 2.28. The molecule has 1 amide bonds. The third kappa shape index (κ3) is 5.07. The van der Waals surface area contributed by atoms with Crippen LogP contribution in [0.1, 0.15) is 56.8 Å². The minimum absolute atomic E-state index is 0.0503. The summed E-state index contributed by atoms with van der Waals surface area (Å²) in [4.78, 5) is 31.1. The van der Waals surface area contributed by atoms with Gasteiger partial charge in [-0.3, -0.25) is 9.59 Å². The fourth-order valence-electron chi connectivity index (χ4n) is 3.51. The number of aromatic nitrogens is 2. The van der Waals surface area contributed by atoms with Gasteiger partial charge in [0.1, 0.15) is 11.5 Å². The average Bonchev–Trinajstić information content (AvgIpc) is 2.34. The zero-order chi connectivity index (χ0) is 17.3. The summed E-state index contributed by atoms with van der Waals surface area (Å²) in [6.07, 6.45) is 3.60. The van der Waals surface area contributed by atoms with E-state index in [9.17, 15) is 9.59 Å². The normalized spacial score (nSPS) is 20.2. The van der Waals surface area contributed by atoms with Crippen molar-refractivity contribution in [3.63, 3.8) is 0 Å². The maximum absolute atomic E-state index is 12.5. The topological polar surface area (TPSA) is 86.9 Å². The number of rotatable bonds is 4. The van der Waals surface area contributed by atoms with Gasteiger partial charge in [0.15, 0.2) is 0 Å². The standard InChI is InChI=1S/C16H26N4O2S/c1-15(2)7-10(8-16(3,4)20-15)17-14(22)11-6-13(21)19-12(18-11)9-23-5/h6,10,20H,7-9H2,1-5H3,(H,17,22)(H,18,19,21). The van der Waals surface area contributed by atoms with Crippen molar-refractivity contribution in [1.82, 2.24) is 20.6 Å². The van der Waals surface area contributed by atoms with Gasteiger partial charge >= 0.3 is 0 Å². The van der Waals surface area contributed by atoms with Gasteiger partial charge in [0.25, 0.3) is 11.5 Å². The minimum atomic E-state index is -0.292. The molecule has 1 aliphatic rings. The first-order chi connectivity index (χ1) is 10.6. The quantitative estimate of drug-likeness (QED) is 0.777. The minimum Gasteiger partial charge on any atom is -0.348 e. The van der Waals surface area contributed by atoms with Crippen molar-refractivity contribution in [1.29, 1.82) is 0 Å². The van der Waals surface area contributed by atoms with Crippen LogP contribution in [0.3, 0.4) is 0 Å². The van der Waals surface area contributed by atoms with Crippen LogP contribution >= 0.6 is 11.8 Å². The predicted molar refractivity (Wildman–Crippen MR) is 93.9 cm³/mol. The number of H-pyrrole nitrogens is 1. The first kappa shape index (κ1) is 18.0. The summed E-state index contributed by atoms with van der Waals surface area (Å²) in [7, 11) is 0. The smallest absolute Gasteiger partial charge is 0.270 e. The second kappa shape index (κ2) is 6.65. The van der Waals surface area contributed by atoms with Crippen molar-refractivity contribution >= 4 is 17.7 Å². The maximum atomic E-state index is 12.5. The molecule has 6 nitrogen and oxygen atoms in total. The monoisotopic (exact) mass is 338 g/mol. The molecule has 23 heavy (non-hydrogen) atoms. The van der Waals surface area contributed by atoms with E-state index in [4.69, 9.17) is 0 Å². The second-order valence-electron chi connectivity index (χ2n) is 7.48. The van der Waals surface area contributed by atoms with Crippen molar-refractivity contribution in [2.75, 3.05) is 6.26 Å². The summed E-state index contributed by atoms with van der Waals surface area (Å²) in [6.45, 7) is 8.54. The molecule has 1 aromatic heterocycles. The van der Waals surface area contributed by atoms with Crippen LogP contribution in [-0.2, 0) is 5.75 Å². The first-order valence-corrected chi connectivity index (χ1v) is 9.19. The van der Waals surface area contributed by atoms with E-state index in [1.54, 1.807) is 11.8 Å². The number of carbonyl (C=O) groups is 1. The summed E-state index contributed by atoms with van der Waals surface area (Å²) < 4.78 is 0. The summed E-state index contributed by atoms with van der Waals surface area (Å²) in [5.41, 5.74) is -0.205. The third-order valence-electron chi connectivity index (χ3n) is 3.83. The lowest BCUT2D eigenvalue weighted by Gasteiger charge is -2.46. The Hall–Kier alpha value is -1.34. The van der Waals surface area contributed by atoms with Gasteiger partial charge in [0, 0.05) is 23.2 Å². The molecule has 1 aliphatic heterocycles. The van der Waals surface area contributed by atoms with Crippen molar-refractivity contribution in [3.05, 3.63) is 27.9 Å². The van der Waals surface area contributed by atoms with Crippen LogP contribution in [0.25, 0.3) is 0 Å². The van der Waals surface area contributed by atoms with Crippen LogP contribution in [0.2, 0.25) is 0 Å². The number of nitrogens with one attached hydrogen (secondary N) is 3. The van der Waals surface area contributed by atoms with Crippen LogP contribution in [0.4, 0.5) is 0 Å². The van der Waals surface area contributed by atoms with Crippen LogP contribution in [0, 0.1) is 0 Å². The molecule has 0 atom stereocenters. The molecule has 1 aromatic rings. The molecule has 0 radical (unpaired) electrons. The molecule has 0 unspecified atom stereocenters. The molecule has 0 bridgehead atoms. The molecule has 0 spiro atoms. The van der Waals surface area contributed by atoms with Crippen molar-refractivity contribution in [2.45, 2.75) is 63.4 Å². The molecule has 3 N–H and O–H groups in total. The van der Waals surface area contributed by atoms with E-state index in [-0.39, 0.29) is 34.3 Å². The summed E-state index contributed by atoms with van der Waals surface area (Å²) >= 11 is 1.55. The number of carbonyl (C=O) groups excluding carboxylic acids is 1. The van der Waals surface area contributed by atoms with E-state index in [0.29, 0.717) is 11.6 Å². The van der Waals surface area contributed by atoms with Gasteiger partial charge in [0.05, 0.1) is 5.75 Å². The van der Waals surface area contributed by atoms with E-state index in [0.717, 1.165) is 12.8 Å². The Kier molecular flexibility index (Phi) is 5.20. The number of aromatic amines is 1. The van der Waals surface area contributed by atoms with E-state index in [1.807, 2.05) is 6.26 Å². The number of hydrogen-bond donors (Lipinski definition) is 3. The molecule has 0 aromatic carbocycles. The molecule has 0 saturated carbocycles. The first-order valence-electron chi connectivity index (χ1n) is 7.80. The molecular weight excluding hydrogens is 312 g/mol. The molecule has 2 heterocycles. The molecule has 2 rings (SSSR count). The largest absolute Gasteiger partial charge is 0.348 e. The molecule has 1 fully saturated rings. The second-order valence-corrected chi connectivity index (χ2v) is 8.35. The van der Waals surface area contributed by atoms with Gasteiger partial charge < -0.3 is 15.6 Å². The van der Waals surface area contributed by atoms with Crippen molar-refractivity contribution in [2.24, 2.45) is 0 Å². The summed E-state index contributed by atoms with van der Waals surface area (Å²) in [6, 6.07) is 1.31. The zero-order valence-electron chi connectivity index (χ0n) is 14.4. The molecule has 1 saturated heterocycles. The lowest BCUT2D eigenvalue weighted by Crippen LogP contribution is -2.62. The van der Waals surface area contributed by atoms with Crippen molar-refractivity contribution < 1.29 is 4.79 Å². The number of nitrogens with zero attached hydrogens (tertiary/aromatic N) is 1. The van der Waals surface area contributed by atoms with Crippen molar-refractivity contribution in [3.8, 4) is 0 Å². The van der Waals surface area contributed by atoms with Gasteiger partial charge in [-0.1, -0.05) is 0 Å². The van der Waals surface area contributed by atoms with Crippen LogP contribution in [0.15, 0.2) is 10.9 Å². The van der Waals surface area contributed by atoms with E-state index in [2.05, 4.69) is 48.3 Å². The maximum Gasteiger partial charge on any atom is 0.270 e. The SMILES string of the molecule is CSCc1nc(C(=O)NC2CC(C)(C)NC(C)(C)C2)cc(=O)[nH]1. The average molecular weight is 338 g/mol. The number of piperidine rings is 1. The number of thioether (sulfide) groups is 1. The molecule has 128 valence electrons. The van der Waals surface area contributed by atoms with E-state index in [1.165, 1.54) is 6.07 Å². The van der Waals surface area contributed by atoms with E-state index >= 15 is 0 Å². The fraction of sp³-hybridized carbons (Fsp3) is 0.688. The zero-order valence-corrected chi connectivity index (χ0v) is 15.3. The Morgan fingerprint density at radius 1 is 1.35 bits per heavy atom. The third-order valence-corrected chi connectivity index (χ3v) is 4.39. The summed E-state index contributed by atoms with van der Waals surface area (Å²) in [5.74, 6) is 0.821. The number of hydrogen-bond acceptors (Lipinski definition) is 5. The number of amides is 1. The van der Waals surface area contributed by atoms with Crippen LogP contribution in [-0.4, -0.2) is 39.3 Å². The Labute approximate surface area is 141 Å². The lowest BCUT2D eigenvalue weighted by molar-refractivity contribution is 0.0867. The summed E-state index contributed by atoms with van der Waals surface area (Å²) in [5, 5.41) is 6.63. The Bertz CT molecular complexity index is 623. The molecular formula is C16H26N4O2S. The van der Waals surface area contributed by atoms with Crippen LogP contribution < -0.4 is 16.2 Å². The highest BCUT2D eigenvalue weighted by molar-refractivity contribution is 7.97. The Balaban J connectivity index is 2.14. The van der Waals surface area contributed by atoms with Crippen LogP contribution in [0.5, 0.6) is 0 Å². The lowest BCUT2D eigenvalue weighted by atomic mass is 9.79. The predicted octanol–water partition coefficient (Wildman–Crippen LogP) is 1.67. The molecule has 0 aliphatic carbocycles. The highest BCUT2D eigenvalue weighted by Gasteiger charge is 2.38. The van der Waals surface area contributed by atoms with E-state index < -0.39 is 0 Å².